The summed E-state index contributed by atoms with van der Waals surface area (Å²) in [6, 6.07) is 5.46. The Kier molecular flexibility index (Phi) is 4.46. The fourth-order valence-corrected chi connectivity index (χ4v) is 3.20. The lowest BCUT2D eigenvalue weighted by Gasteiger charge is -2.17. The van der Waals surface area contributed by atoms with Gasteiger partial charge < -0.3 is 9.72 Å². The molecule has 0 amide bonds. The van der Waals surface area contributed by atoms with Crippen LogP contribution in [-0.2, 0) is 16.6 Å². The van der Waals surface area contributed by atoms with Gasteiger partial charge >= 0.3 is 0 Å². The highest BCUT2D eigenvalue weighted by molar-refractivity contribution is 9.10. The number of sulfonamides is 1. The summed E-state index contributed by atoms with van der Waals surface area (Å²) in [5.74, 6) is 0.639. The zero-order valence-electron chi connectivity index (χ0n) is 11.0. The zero-order chi connectivity index (χ0) is 14.8. The van der Waals surface area contributed by atoms with Gasteiger partial charge in [-0.1, -0.05) is 15.9 Å². The van der Waals surface area contributed by atoms with Crippen LogP contribution in [-0.4, -0.2) is 36.8 Å². The zero-order valence-corrected chi connectivity index (χ0v) is 13.4. The van der Waals surface area contributed by atoms with E-state index in [9.17, 15) is 8.42 Å². The number of aromatic amines is 1. The summed E-state index contributed by atoms with van der Waals surface area (Å²) >= 11 is 3.36. The predicted octanol–water partition coefficient (Wildman–Crippen LogP) is 2.00. The molecule has 0 bridgehead atoms. The Balaban J connectivity index is 2.28. The molecule has 0 atom stereocenters. The van der Waals surface area contributed by atoms with E-state index in [1.807, 2.05) is 12.1 Å². The van der Waals surface area contributed by atoms with Gasteiger partial charge in [-0.3, -0.25) is 0 Å². The molecule has 0 unspecified atom stereocenters. The molecule has 2 rings (SSSR count). The van der Waals surface area contributed by atoms with Gasteiger partial charge in [-0.25, -0.2) is 13.4 Å². The summed E-state index contributed by atoms with van der Waals surface area (Å²) in [5, 5.41) is 0.0639. The molecule has 0 fully saturated rings. The number of H-pyrrole nitrogens is 1. The number of nitrogens with zero attached hydrogens (tertiary/aromatic N) is 2. The Morgan fingerprint density at radius 3 is 2.80 bits per heavy atom. The quantitative estimate of drug-likeness (QED) is 0.885. The highest BCUT2D eigenvalue weighted by Gasteiger charge is 2.23. The van der Waals surface area contributed by atoms with E-state index in [1.54, 1.807) is 13.2 Å². The van der Waals surface area contributed by atoms with Crippen molar-refractivity contribution in [1.82, 2.24) is 14.3 Å². The van der Waals surface area contributed by atoms with Crippen LogP contribution in [0, 0.1) is 0 Å². The number of ether oxygens (including phenoxy) is 1. The molecule has 0 saturated carbocycles. The average molecular weight is 360 g/mol. The van der Waals surface area contributed by atoms with Gasteiger partial charge in [0.2, 0.25) is 0 Å². The number of imidazole rings is 1. The third-order valence-corrected chi connectivity index (χ3v) is 5.02. The van der Waals surface area contributed by atoms with Gasteiger partial charge in [-0.15, -0.1) is 0 Å². The first kappa shape index (κ1) is 15.0. The second kappa shape index (κ2) is 5.94. The molecule has 0 aliphatic heterocycles. The number of hydrogen-bond acceptors (Lipinski definition) is 4. The fraction of sp³-hybridized carbons (Fsp3) is 0.250. The molecule has 1 aromatic carbocycles. The molecule has 2 aromatic rings. The van der Waals surface area contributed by atoms with E-state index in [2.05, 4.69) is 25.9 Å². The molecule has 1 aromatic heterocycles. The molecule has 0 aliphatic rings. The predicted molar refractivity (Wildman–Crippen MR) is 77.9 cm³/mol. The van der Waals surface area contributed by atoms with Crippen LogP contribution in [0.1, 0.15) is 5.56 Å². The minimum Gasteiger partial charge on any atom is -0.496 e. The van der Waals surface area contributed by atoms with Gasteiger partial charge in [0.25, 0.3) is 10.0 Å². The van der Waals surface area contributed by atoms with Crippen molar-refractivity contribution in [3.8, 4) is 5.75 Å². The van der Waals surface area contributed by atoms with Gasteiger partial charge in [0.1, 0.15) is 5.75 Å². The lowest BCUT2D eigenvalue weighted by molar-refractivity contribution is 0.397. The van der Waals surface area contributed by atoms with Crippen molar-refractivity contribution in [3.05, 3.63) is 40.8 Å². The highest BCUT2D eigenvalue weighted by Crippen LogP contribution is 2.25. The van der Waals surface area contributed by atoms with E-state index in [1.165, 1.54) is 23.9 Å². The maximum absolute atomic E-state index is 12.3. The first-order chi connectivity index (χ1) is 9.45. The van der Waals surface area contributed by atoms with Crippen LogP contribution in [0.15, 0.2) is 40.2 Å². The molecule has 0 saturated heterocycles. The summed E-state index contributed by atoms with van der Waals surface area (Å²) in [5.41, 5.74) is 0.771. The summed E-state index contributed by atoms with van der Waals surface area (Å²) in [7, 11) is -0.525. The molecule has 0 spiro atoms. The fourth-order valence-electron chi connectivity index (χ4n) is 1.75. The SMILES string of the molecule is COc1ccc(Br)cc1CN(C)S(=O)(=O)c1cnc[nH]1. The Labute approximate surface area is 126 Å². The van der Waals surface area contributed by atoms with E-state index in [4.69, 9.17) is 4.74 Å². The number of halogens is 1. The number of rotatable bonds is 5. The molecule has 20 heavy (non-hydrogen) atoms. The Bertz CT molecular complexity index is 686. The lowest BCUT2D eigenvalue weighted by atomic mass is 10.2. The van der Waals surface area contributed by atoms with Crippen molar-refractivity contribution in [2.24, 2.45) is 0 Å². The average Bonchev–Trinajstić information content (AvgIpc) is 2.93. The van der Waals surface area contributed by atoms with Crippen LogP contribution in [0.5, 0.6) is 5.75 Å². The van der Waals surface area contributed by atoms with Crippen molar-refractivity contribution in [2.75, 3.05) is 14.2 Å². The van der Waals surface area contributed by atoms with Crippen LogP contribution in [0.25, 0.3) is 0 Å². The number of nitrogens with one attached hydrogen (secondary N) is 1. The van der Waals surface area contributed by atoms with Crippen molar-refractivity contribution in [2.45, 2.75) is 11.6 Å². The molecule has 1 heterocycles. The van der Waals surface area contributed by atoms with Gasteiger partial charge in [0, 0.05) is 23.6 Å². The van der Waals surface area contributed by atoms with Crippen LogP contribution < -0.4 is 4.74 Å². The Morgan fingerprint density at radius 2 is 2.20 bits per heavy atom. The first-order valence-electron chi connectivity index (χ1n) is 5.72. The lowest BCUT2D eigenvalue weighted by Crippen LogP contribution is -2.27. The van der Waals surface area contributed by atoms with Crippen LogP contribution in [0.4, 0.5) is 0 Å². The third kappa shape index (κ3) is 3.02. The summed E-state index contributed by atoms with van der Waals surface area (Å²) in [6.07, 6.45) is 2.62. The monoisotopic (exact) mass is 359 g/mol. The standard InChI is InChI=1S/C12H14BrN3O3S/c1-16(20(17,18)12-6-14-8-15-12)7-9-5-10(13)3-4-11(9)19-2/h3-6,8H,7H2,1-2H3,(H,14,15). The molecule has 0 aliphatic carbocycles. The largest absolute Gasteiger partial charge is 0.496 e. The number of aromatic nitrogens is 2. The second-order valence-corrected chi connectivity index (χ2v) is 7.06. The molecular formula is C12H14BrN3O3S. The van der Waals surface area contributed by atoms with Crippen LogP contribution in [0.2, 0.25) is 0 Å². The van der Waals surface area contributed by atoms with Gasteiger partial charge in [0.15, 0.2) is 5.03 Å². The molecule has 0 radical (unpaired) electrons. The topological polar surface area (TPSA) is 75.3 Å². The molecular weight excluding hydrogens is 346 g/mol. The minimum atomic E-state index is -3.59. The third-order valence-electron chi connectivity index (χ3n) is 2.80. The first-order valence-corrected chi connectivity index (χ1v) is 7.95. The maximum Gasteiger partial charge on any atom is 0.260 e. The van der Waals surface area contributed by atoms with Crippen molar-refractivity contribution < 1.29 is 13.2 Å². The summed E-state index contributed by atoms with van der Waals surface area (Å²) < 4.78 is 31.9. The Morgan fingerprint density at radius 1 is 1.45 bits per heavy atom. The second-order valence-electron chi connectivity index (χ2n) is 4.13. The molecule has 1 N–H and O–H groups in total. The summed E-state index contributed by atoms with van der Waals surface area (Å²) in [6.45, 7) is 0.198. The van der Waals surface area contributed by atoms with Crippen LogP contribution >= 0.6 is 15.9 Å². The van der Waals surface area contributed by atoms with Gasteiger partial charge in [0.05, 0.1) is 19.6 Å². The van der Waals surface area contributed by atoms with Crippen molar-refractivity contribution in [1.29, 1.82) is 0 Å². The normalized spacial score (nSPS) is 11.8. The van der Waals surface area contributed by atoms with E-state index in [-0.39, 0.29) is 11.6 Å². The van der Waals surface area contributed by atoms with E-state index in [0.29, 0.717) is 5.75 Å². The van der Waals surface area contributed by atoms with Crippen LogP contribution in [0.3, 0.4) is 0 Å². The molecule has 108 valence electrons. The maximum atomic E-state index is 12.3. The minimum absolute atomic E-state index is 0.0639. The number of hydrogen-bond donors (Lipinski definition) is 1. The van der Waals surface area contributed by atoms with Crippen molar-refractivity contribution in [3.63, 3.8) is 0 Å². The highest BCUT2D eigenvalue weighted by atomic mass is 79.9. The Hall–Kier alpha value is -1.38. The smallest absolute Gasteiger partial charge is 0.260 e. The molecule has 6 nitrogen and oxygen atoms in total. The van der Waals surface area contributed by atoms with Gasteiger partial charge in [-0.05, 0) is 18.2 Å². The van der Waals surface area contributed by atoms with Gasteiger partial charge in [-0.2, -0.15) is 4.31 Å². The van der Waals surface area contributed by atoms with E-state index >= 15 is 0 Å². The van der Waals surface area contributed by atoms with E-state index < -0.39 is 10.0 Å². The number of methoxy groups -OCH3 is 1. The van der Waals surface area contributed by atoms with E-state index in [0.717, 1.165) is 10.0 Å². The van der Waals surface area contributed by atoms with Crippen molar-refractivity contribution >= 4 is 26.0 Å². The number of benzene rings is 1. The molecule has 8 heteroatoms. The summed E-state index contributed by atoms with van der Waals surface area (Å²) in [4.78, 5) is 6.33.